The number of carbonyl (C=O) groups is 3. The fourth-order valence-electron chi connectivity index (χ4n) is 2.25. The van der Waals surface area contributed by atoms with E-state index in [1.807, 2.05) is 0 Å². The first-order valence-electron chi connectivity index (χ1n) is 7.18. The minimum absolute atomic E-state index is 0.380. The molecule has 22 heavy (non-hydrogen) atoms. The van der Waals surface area contributed by atoms with Gasteiger partial charge in [-0.25, -0.2) is 9.59 Å². The van der Waals surface area contributed by atoms with Gasteiger partial charge in [-0.2, -0.15) is 0 Å². The standard InChI is InChI=1S/C14H24N2O6/c1-14(2,3)22-13(20)15-9(8-17)11(18)16-7-5-6-10(16)12(19)21-4/h9-10,17H,5-8H2,1-4H3,(H,15,20)/t9-,10-/m0/s1. The van der Waals surface area contributed by atoms with Gasteiger partial charge in [0.25, 0.3) is 0 Å². The molecule has 1 aliphatic heterocycles. The number of hydrogen-bond donors (Lipinski definition) is 2. The maximum atomic E-state index is 12.4. The van der Waals surface area contributed by atoms with Gasteiger partial charge in [-0.3, -0.25) is 4.79 Å². The Kier molecular flexibility index (Phi) is 6.16. The van der Waals surface area contributed by atoms with Crippen LogP contribution in [0, 0.1) is 0 Å². The van der Waals surface area contributed by atoms with Crippen LogP contribution in [0.3, 0.4) is 0 Å². The van der Waals surface area contributed by atoms with Crippen molar-refractivity contribution in [3.63, 3.8) is 0 Å². The summed E-state index contributed by atoms with van der Waals surface area (Å²) in [6, 6.07) is -1.83. The lowest BCUT2D eigenvalue weighted by molar-refractivity contribution is -0.151. The Morgan fingerprint density at radius 1 is 1.36 bits per heavy atom. The number of rotatable bonds is 4. The van der Waals surface area contributed by atoms with Crippen molar-refractivity contribution in [2.24, 2.45) is 0 Å². The second kappa shape index (κ2) is 7.44. The van der Waals surface area contributed by atoms with Crippen LogP contribution in [0.2, 0.25) is 0 Å². The number of likely N-dealkylation sites (tertiary alicyclic amines) is 1. The first-order valence-corrected chi connectivity index (χ1v) is 7.18. The zero-order valence-electron chi connectivity index (χ0n) is 13.4. The van der Waals surface area contributed by atoms with Gasteiger partial charge in [0.1, 0.15) is 17.7 Å². The molecule has 2 amide bonds. The minimum atomic E-state index is -1.15. The smallest absolute Gasteiger partial charge is 0.408 e. The summed E-state index contributed by atoms with van der Waals surface area (Å²) >= 11 is 0. The van der Waals surface area contributed by atoms with E-state index in [4.69, 9.17) is 4.74 Å². The first-order chi connectivity index (χ1) is 10.2. The van der Waals surface area contributed by atoms with Gasteiger partial charge >= 0.3 is 12.1 Å². The number of hydrogen-bond acceptors (Lipinski definition) is 6. The third-order valence-corrected chi connectivity index (χ3v) is 3.18. The third kappa shape index (κ3) is 4.87. The van der Waals surface area contributed by atoms with Crippen LogP contribution in [0.4, 0.5) is 4.79 Å². The lowest BCUT2D eigenvalue weighted by Crippen LogP contribution is -2.54. The average Bonchev–Trinajstić information content (AvgIpc) is 2.90. The fourth-order valence-corrected chi connectivity index (χ4v) is 2.25. The van der Waals surface area contributed by atoms with Crippen LogP contribution in [-0.4, -0.2) is 65.9 Å². The number of nitrogens with zero attached hydrogens (tertiary/aromatic N) is 1. The number of nitrogens with one attached hydrogen (secondary N) is 1. The molecule has 0 aromatic heterocycles. The van der Waals surface area contributed by atoms with E-state index in [-0.39, 0.29) is 0 Å². The summed E-state index contributed by atoms with van der Waals surface area (Å²) in [6.45, 7) is 4.87. The molecule has 0 bridgehead atoms. The monoisotopic (exact) mass is 316 g/mol. The van der Waals surface area contributed by atoms with Gasteiger partial charge in [0.2, 0.25) is 5.91 Å². The molecule has 0 aliphatic carbocycles. The minimum Gasteiger partial charge on any atom is -0.467 e. The topological polar surface area (TPSA) is 105 Å². The SMILES string of the molecule is COC(=O)[C@@H]1CCCN1C(=O)[C@H](CO)NC(=O)OC(C)(C)C. The summed E-state index contributed by atoms with van der Waals surface area (Å²) in [4.78, 5) is 37.1. The van der Waals surface area contributed by atoms with Crippen LogP contribution < -0.4 is 5.32 Å². The van der Waals surface area contributed by atoms with Gasteiger partial charge in [0.05, 0.1) is 13.7 Å². The van der Waals surface area contributed by atoms with Gasteiger partial charge in [-0.05, 0) is 33.6 Å². The largest absolute Gasteiger partial charge is 0.467 e. The van der Waals surface area contributed by atoms with Gasteiger partial charge in [-0.1, -0.05) is 0 Å². The zero-order chi connectivity index (χ0) is 16.9. The summed E-state index contributed by atoms with van der Waals surface area (Å²) in [6.07, 6.45) is 0.368. The molecule has 8 nitrogen and oxygen atoms in total. The zero-order valence-corrected chi connectivity index (χ0v) is 13.4. The molecule has 0 aromatic carbocycles. The van der Waals surface area contributed by atoms with Gasteiger partial charge < -0.3 is 24.8 Å². The molecular formula is C14H24N2O6. The molecule has 0 aromatic rings. The Hall–Kier alpha value is -1.83. The number of ether oxygens (including phenoxy) is 2. The maximum absolute atomic E-state index is 12.4. The highest BCUT2D eigenvalue weighted by Crippen LogP contribution is 2.19. The number of alkyl carbamates (subject to hydrolysis) is 1. The Morgan fingerprint density at radius 3 is 2.50 bits per heavy atom. The molecule has 0 unspecified atom stereocenters. The van der Waals surface area contributed by atoms with Crippen LogP contribution in [0.5, 0.6) is 0 Å². The molecule has 0 spiro atoms. The molecule has 1 rings (SSSR count). The fraction of sp³-hybridized carbons (Fsp3) is 0.786. The van der Waals surface area contributed by atoms with Crippen molar-refractivity contribution in [1.29, 1.82) is 0 Å². The molecule has 2 atom stereocenters. The van der Waals surface area contributed by atoms with Crippen LogP contribution in [0.15, 0.2) is 0 Å². The number of aliphatic hydroxyl groups excluding tert-OH is 1. The second-order valence-corrected chi connectivity index (χ2v) is 6.09. The van der Waals surface area contributed by atoms with Crippen molar-refractivity contribution in [3.8, 4) is 0 Å². The van der Waals surface area contributed by atoms with Crippen molar-refractivity contribution < 1.29 is 29.0 Å². The van der Waals surface area contributed by atoms with Crippen molar-refractivity contribution in [2.45, 2.75) is 51.3 Å². The van der Waals surface area contributed by atoms with E-state index in [0.717, 1.165) is 0 Å². The Labute approximate surface area is 129 Å². The molecule has 1 aliphatic rings. The normalized spacial score (nSPS) is 19.5. The molecule has 8 heteroatoms. The lowest BCUT2D eigenvalue weighted by Gasteiger charge is -2.28. The van der Waals surface area contributed by atoms with Crippen molar-refractivity contribution in [1.82, 2.24) is 10.2 Å². The molecular weight excluding hydrogens is 292 g/mol. The van der Waals surface area contributed by atoms with Crippen molar-refractivity contribution in [3.05, 3.63) is 0 Å². The Bertz CT molecular complexity index is 432. The summed E-state index contributed by atoms with van der Waals surface area (Å²) < 4.78 is 9.72. The second-order valence-electron chi connectivity index (χ2n) is 6.09. The summed E-state index contributed by atoms with van der Waals surface area (Å²) in [5.41, 5.74) is -0.713. The molecule has 1 saturated heterocycles. The highest BCUT2D eigenvalue weighted by molar-refractivity contribution is 5.90. The Balaban J connectivity index is 2.71. The lowest BCUT2D eigenvalue weighted by atomic mass is 10.2. The van der Waals surface area contributed by atoms with E-state index < -0.39 is 42.3 Å². The maximum Gasteiger partial charge on any atom is 0.408 e. The number of aliphatic hydroxyl groups is 1. The van der Waals surface area contributed by atoms with Crippen LogP contribution in [-0.2, 0) is 19.1 Å². The van der Waals surface area contributed by atoms with E-state index in [9.17, 15) is 19.5 Å². The predicted octanol–water partition coefficient (Wildman–Crippen LogP) is 0.0360. The van der Waals surface area contributed by atoms with E-state index in [2.05, 4.69) is 10.1 Å². The average molecular weight is 316 g/mol. The highest BCUT2D eigenvalue weighted by Gasteiger charge is 2.38. The Morgan fingerprint density at radius 2 is 2.00 bits per heavy atom. The third-order valence-electron chi connectivity index (χ3n) is 3.18. The van der Waals surface area contributed by atoms with Gasteiger partial charge in [0, 0.05) is 6.54 Å². The number of methoxy groups -OCH3 is 1. The van der Waals surface area contributed by atoms with E-state index in [1.165, 1.54) is 12.0 Å². The number of esters is 1. The van der Waals surface area contributed by atoms with E-state index in [0.29, 0.717) is 19.4 Å². The van der Waals surface area contributed by atoms with Crippen molar-refractivity contribution >= 4 is 18.0 Å². The van der Waals surface area contributed by atoms with E-state index >= 15 is 0 Å². The molecule has 2 N–H and O–H groups in total. The quantitative estimate of drug-likeness (QED) is 0.709. The predicted molar refractivity (Wildman–Crippen MR) is 77.0 cm³/mol. The summed E-state index contributed by atoms with van der Waals surface area (Å²) in [5, 5.41) is 11.7. The first kappa shape index (κ1) is 18.2. The highest BCUT2D eigenvalue weighted by atomic mass is 16.6. The molecule has 1 fully saturated rings. The molecule has 126 valence electrons. The van der Waals surface area contributed by atoms with Crippen molar-refractivity contribution in [2.75, 3.05) is 20.3 Å². The van der Waals surface area contributed by atoms with Gasteiger partial charge in [-0.15, -0.1) is 0 Å². The number of carbonyl (C=O) groups excluding carboxylic acids is 3. The molecule has 0 saturated carbocycles. The van der Waals surface area contributed by atoms with Crippen LogP contribution in [0.1, 0.15) is 33.6 Å². The van der Waals surface area contributed by atoms with Crippen LogP contribution in [0.25, 0.3) is 0 Å². The summed E-state index contributed by atoms with van der Waals surface area (Å²) in [7, 11) is 1.26. The number of amides is 2. The summed E-state index contributed by atoms with van der Waals surface area (Å²) in [5.74, 6) is -1.03. The van der Waals surface area contributed by atoms with Gasteiger partial charge in [0.15, 0.2) is 0 Å². The van der Waals surface area contributed by atoms with Crippen LogP contribution >= 0.6 is 0 Å². The molecule has 0 radical (unpaired) electrons. The molecule has 1 heterocycles. The van der Waals surface area contributed by atoms with E-state index in [1.54, 1.807) is 20.8 Å².